The van der Waals surface area contributed by atoms with Crippen LogP contribution >= 0.6 is 0 Å². The fraction of sp³-hybridized carbons (Fsp3) is 0.348. The van der Waals surface area contributed by atoms with Crippen LogP contribution in [0.3, 0.4) is 0 Å². The van der Waals surface area contributed by atoms with E-state index in [1.807, 2.05) is 19.1 Å². The molecule has 0 saturated carbocycles. The third kappa shape index (κ3) is 5.58. The number of amides is 1. The molecule has 1 fully saturated rings. The van der Waals surface area contributed by atoms with Gasteiger partial charge in [-0.1, -0.05) is 0 Å². The number of nitrogens with one attached hydrogen (secondary N) is 3. The molecule has 188 valence electrons. The molecule has 0 aromatic carbocycles. The Labute approximate surface area is 206 Å². The molecule has 0 aliphatic carbocycles. The van der Waals surface area contributed by atoms with Gasteiger partial charge < -0.3 is 35.1 Å². The van der Waals surface area contributed by atoms with Gasteiger partial charge in [-0.15, -0.1) is 0 Å². The maximum absolute atomic E-state index is 14.4. The molecule has 3 aromatic rings. The molecule has 2 aliphatic heterocycles. The topological polar surface area (TPSA) is 136 Å². The lowest BCUT2D eigenvalue weighted by Crippen LogP contribution is -2.44. The Balaban J connectivity index is 1.24. The van der Waals surface area contributed by atoms with Crippen LogP contribution in [0.25, 0.3) is 0 Å². The van der Waals surface area contributed by atoms with Crippen molar-refractivity contribution in [3.63, 3.8) is 0 Å². The molecule has 2 aliphatic rings. The smallest absolute Gasteiger partial charge is 0.263 e. The van der Waals surface area contributed by atoms with Crippen molar-refractivity contribution in [2.24, 2.45) is 0 Å². The van der Waals surface area contributed by atoms with Crippen LogP contribution in [0.4, 0.5) is 39.3 Å². The maximum atomic E-state index is 14.4. The van der Waals surface area contributed by atoms with Gasteiger partial charge in [0.05, 0.1) is 37.4 Å². The summed E-state index contributed by atoms with van der Waals surface area (Å²) in [6.45, 7) is 5.13. The number of morpholine rings is 1. The van der Waals surface area contributed by atoms with E-state index in [4.69, 9.17) is 14.2 Å². The molecule has 5 rings (SSSR count). The average Bonchev–Trinajstić information content (AvgIpc) is 2.90. The Hall–Kier alpha value is -4.10. The number of fused-ring (bicyclic) bond motifs is 1. The van der Waals surface area contributed by atoms with Crippen molar-refractivity contribution in [3.05, 3.63) is 42.5 Å². The number of hydrogen-bond acceptors (Lipinski definition) is 11. The predicted molar refractivity (Wildman–Crippen MR) is 130 cm³/mol. The maximum Gasteiger partial charge on any atom is 0.263 e. The van der Waals surface area contributed by atoms with E-state index in [9.17, 15) is 9.18 Å². The highest BCUT2D eigenvalue weighted by Crippen LogP contribution is 2.28. The minimum atomic E-state index is -0.664. The number of carbonyl (C=O) groups is 1. The lowest BCUT2D eigenvalue weighted by Gasteiger charge is -2.33. The molecule has 1 saturated heterocycles. The standard InChI is InChI=1S/C23H25FN8O4/c1-2-34-12-15-11-32(7-8-35-15)19-6-3-14(9-25-19)27-23-26-10-16(24)21(31-23)28-18-5-4-17-22(29-18)30-20(33)13-36-17/h3-6,9-10,15H,2,7-8,11-13H2,1H3,(H3,26,27,28,29,30,31,33)/t15-/m1/s1. The SMILES string of the molecule is CCOC[C@H]1CN(c2ccc(Nc3ncc(F)c(Nc4ccc5c(n4)NC(=O)CO5)n3)cn2)CCO1. The number of rotatable bonds is 8. The summed E-state index contributed by atoms with van der Waals surface area (Å²) in [6, 6.07) is 6.96. The van der Waals surface area contributed by atoms with Gasteiger partial charge in [-0.25, -0.2) is 19.3 Å². The number of aromatic nitrogens is 4. The number of carbonyl (C=O) groups excluding carboxylic acids is 1. The molecular weight excluding hydrogens is 471 g/mol. The first-order chi connectivity index (χ1) is 17.6. The monoisotopic (exact) mass is 496 g/mol. The number of halogens is 1. The predicted octanol–water partition coefficient (Wildman–Crippen LogP) is 2.47. The molecule has 3 N–H and O–H groups in total. The first-order valence-electron chi connectivity index (χ1n) is 11.5. The fourth-order valence-electron chi connectivity index (χ4n) is 3.72. The summed E-state index contributed by atoms with van der Waals surface area (Å²) < 4.78 is 30.9. The summed E-state index contributed by atoms with van der Waals surface area (Å²) in [4.78, 5) is 30.7. The molecule has 0 radical (unpaired) electrons. The van der Waals surface area contributed by atoms with Gasteiger partial charge in [0, 0.05) is 19.7 Å². The molecule has 1 amide bonds. The van der Waals surface area contributed by atoms with Gasteiger partial charge in [0.2, 0.25) is 5.95 Å². The van der Waals surface area contributed by atoms with Gasteiger partial charge >= 0.3 is 0 Å². The second kappa shape index (κ2) is 10.7. The Morgan fingerprint density at radius 1 is 1.19 bits per heavy atom. The molecular formula is C23H25FN8O4. The van der Waals surface area contributed by atoms with Crippen molar-refractivity contribution in [1.29, 1.82) is 0 Å². The van der Waals surface area contributed by atoms with E-state index in [0.717, 1.165) is 18.6 Å². The quantitative estimate of drug-likeness (QED) is 0.424. The summed E-state index contributed by atoms with van der Waals surface area (Å²) >= 11 is 0. The lowest BCUT2D eigenvalue weighted by atomic mass is 10.2. The van der Waals surface area contributed by atoms with Crippen LogP contribution in [0.5, 0.6) is 5.75 Å². The van der Waals surface area contributed by atoms with Crippen molar-refractivity contribution < 1.29 is 23.4 Å². The largest absolute Gasteiger partial charge is 0.480 e. The molecule has 0 unspecified atom stereocenters. The van der Waals surface area contributed by atoms with Crippen molar-refractivity contribution in [3.8, 4) is 5.75 Å². The molecule has 13 heteroatoms. The van der Waals surface area contributed by atoms with Crippen LogP contribution in [-0.2, 0) is 14.3 Å². The van der Waals surface area contributed by atoms with Crippen molar-refractivity contribution in [2.45, 2.75) is 13.0 Å². The zero-order chi connectivity index (χ0) is 24.9. The van der Waals surface area contributed by atoms with E-state index < -0.39 is 5.82 Å². The normalized spacial score (nSPS) is 17.1. The molecule has 36 heavy (non-hydrogen) atoms. The minimum Gasteiger partial charge on any atom is -0.480 e. The highest BCUT2D eigenvalue weighted by molar-refractivity contribution is 5.94. The second-order valence-corrected chi connectivity index (χ2v) is 8.02. The first kappa shape index (κ1) is 23.6. The summed E-state index contributed by atoms with van der Waals surface area (Å²) in [5, 5.41) is 8.44. The minimum absolute atomic E-state index is 0.00485. The van der Waals surface area contributed by atoms with Crippen LogP contribution in [0.2, 0.25) is 0 Å². The molecule has 3 aromatic heterocycles. The zero-order valence-electron chi connectivity index (χ0n) is 19.5. The van der Waals surface area contributed by atoms with Gasteiger partial charge in [-0.2, -0.15) is 4.98 Å². The van der Waals surface area contributed by atoms with E-state index in [1.54, 1.807) is 18.3 Å². The second-order valence-electron chi connectivity index (χ2n) is 8.02. The summed E-state index contributed by atoms with van der Waals surface area (Å²) in [5.41, 5.74) is 0.641. The lowest BCUT2D eigenvalue weighted by molar-refractivity contribution is -0.118. The van der Waals surface area contributed by atoms with Gasteiger partial charge in [0.25, 0.3) is 5.91 Å². The van der Waals surface area contributed by atoms with Crippen LogP contribution in [-0.4, -0.2) is 71.5 Å². The number of hydrogen-bond donors (Lipinski definition) is 3. The Bertz CT molecular complexity index is 1230. The summed E-state index contributed by atoms with van der Waals surface area (Å²) in [7, 11) is 0. The highest BCUT2D eigenvalue weighted by Gasteiger charge is 2.22. The third-order valence-electron chi connectivity index (χ3n) is 5.44. The van der Waals surface area contributed by atoms with E-state index in [-0.39, 0.29) is 42.0 Å². The number of nitrogens with zero attached hydrogens (tertiary/aromatic N) is 5. The summed E-state index contributed by atoms with van der Waals surface area (Å²) in [5.74, 6) is 0.897. The molecule has 1 atom stereocenters. The van der Waals surface area contributed by atoms with E-state index >= 15 is 0 Å². The Morgan fingerprint density at radius 3 is 2.94 bits per heavy atom. The third-order valence-corrected chi connectivity index (χ3v) is 5.44. The van der Waals surface area contributed by atoms with Gasteiger partial charge in [0.15, 0.2) is 29.8 Å². The number of pyridine rings is 2. The molecule has 0 spiro atoms. The average molecular weight is 497 g/mol. The fourth-order valence-corrected chi connectivity index (χ4v) is 3.72. The molecule has 5 heterocycles. The van der Waals surface area contributed by atoms with Gasteiger partial charge in [-0.3, -0.25) is 4.79 Å². The van der Waals surface area contributed by atoms with Crippen molar-refractivity contribution >= 4 is 40.8 Å². The first-order valence-corrected chi connectivity index (χ1v) is 11.5. The molecule has 0 bridgehead atoms. The summed E-state index contributed by atoms with van der Waals surface area (Å²) in [6.07, 6.45) is 2.72. The van der Waals surface area contributed by atoms with Gasteiger partial charge in [-0.05, 0) is 31.2 Å². The van der Waals surface area contributed by atoms with Crippen LogP contribution in [0.1, 0.15) is 6.92 Å². The van der Waals surface area contributed by atoms with Crippen LogP contribution < -0.4 is 25.6 Å². The van der Waals surface area contributed by atoms with E-state index in [1.165, 1.54) is 0 Å². The van der Waals surface area contributed by atoms with Crippen molar-refractivity contribution in [1.82, 2.24) is 19.9 Å². The van der Waals surface area contributed by atoms with Crippen LogP contribution in [0, 0.1) is 5.82 Å². The van der Waals surface area contributed by atoms with Crippen LogP contribution in [0.15, 0.2) is 36.7 Å². The van der Waals surface area contributed by atoms with E-state index in [2.05, 4.69) is 40.8 Å². The highest BCUT2D eigenvalue weighted by atomic mass is 19.1. The van der Waals surface area contributed by atoms with Crippen molar-refractivity contribution in [2.75, 3.05) is 60.4 Å². The van der Waals surface area contributed by atoms with E-state index in [0.29, 0.717) is 37.8 Å². The number of ether oxygens (including phenoxy) is 3. The zero-order valence-corrected chi connectivity index (χ0v) is 19.5. The Kier molecular flexibility index (Phi) is 7.00. The Morgan fingerprint density at radius 2 is 2.11 bits per heavy atom. The number of anilines is 6. The molecule has 12 nitrogen and oxygen atoms in total. The van der Waals surface area contributed by atoms with Gasteiger partial charge in [0.1, 0.15) is 11.6 Å².